The Balaban J connectivity index is 1.52. The minimum Gasteiger partial charge on any atom is -0.377 e. The van der Waals surface area contributed by atoms with E-state index in [2.05, 4.69) is 4.90 Å². The Morgan fingerprint density at radius 1 is 1.10 bits per heavy atom. The smallest absolute Gasteiger partial charge is 0.244 e. The van der Waals surface area contributed by atoms with E-state index < -0.39 is 14.6 Å². The molecule has 6 nitrogen and oxygen atoms in total. The molecular formula is C23H34N2O4S. The van der Waals surface area contributed by atoms with Gasteiger partial charge < -0.3 is 9.64 Å². The molecule has 1 amide bonds. The highest BCUT2D eigenvalue weighted by molar-refractivity contribution is 7.93. The van der Waals surface area contributed by atoms with Gasteiger partial charge in [0.05, 0.1) is 11.0 Å². The van der Waals surface area contributed by atoms with E-state index in [-0.39, 0.29) is 5.91 Å². The Kier molecular flexibility index (Phi) is 6.24. The van der Waals surface area contributed by atoms with Crippen molar-refractivity contribution in [2.75, 3.05) is 39.3 Å². The average molecular weight is 435 g/mol. The Bertz CT molecular complexity index is 878. The molecule has 1 saturated carbocycles. The fourth-order valence-electron chi connectivity index (χ4n) is 5.25. The van der Waals surface area contributed by atoms with Crippen LogP contribution in [0.15, 0.2) is 23.1 Å². The van der Waals surface area contributed by atoms with E-state index in [0.717, 1.165) is 63.1 Å². The number of aryl methyl sites for hydroxylation is 2. The number of amides is 1. The quantitative estimate of drug-likeness (QED) is 0.713. The highest BCUT2D eigenvalue weighted by Gasteiger charge is 2.55. The van der Waals surface area contributed by atoms with Crippen LogP contribution in [0.5, 0.6) is 0 Å². The second-order valence-electron chi connectivity index (χ2n) is 9.20. The number of ether oxygens (including phenoxy) is 1. The van der Waals surface area contributed by atoms with Crippen molar-refractivity contribution in [3.8, 4) is 0 Å². The number of nitrogens with zero attached hydrogens (tertiary/aromatic N) is 2. The van der Waals surface area contributed by atoms with Crippen LogP contribution in [0.1, 0.15) is 49.7 Å². The lowest BCUT2D eigenvalue weighted by molar-refractivity contribution is -0.135. The van der Waals surface area contributed by atoms with Gasteiger partial charge in [-0.2, -0.15) is 0 Å². The first kappa shape index (κ1) is 21.8. The van der Waals surface area contributed by atoms with Crippen LogP contribution in [-0.4, -0.2) is 74.3 Å². The zero-order valence-electron chi connectivity index (χ0n) is 18.2. The molecule has 0 aromatic heterocycles. The summed E-state index contributed by atoms with van der Waals surface area (Å²) in [5.74, 6) is -0.183. The molecule has 2 saturated heterocycles. The Morgan fingerprint density at radius 3 is 2.43 bits per heavy atom. The lowest BCUT2D eigenvalue weighted by Gasteiger charge is -2.40. The van der Waals surface area contributed by atoms with Gasteiger partial charge in [0.2, 0.25) is 5.91 Å². The van der Waals surface area contributed by atoms with Gasteiger partial charge in [0, 0.05) is 39.3 Å². The van der Waals surface area contributed by atoms with Gasteiger partial charge in [-0.1, -0.05) is 25.0 Å². The molecule has 1 aromatic rings. The fourth-order valence-corrected chi connectivity index (χ4v) is 7.69. The molecule has 30 heavy (non-hydrogen) atoms. The summed E-state index contributed by atoms with van der Waals surface area (Å²) < 4.78 is 32.1. The first-order valence-electron chi connectivity index (χ1n) is 11.3. The van der Waals surface area contributed by atoms with Crippen LogP contribution in [0, 0.1) is 13.8 Å². The maximum absolute atomic E-state index is 13.8. The van der Waals surface area contributed by atoms with E-state index in [1.165, 1.54) is 0 Å². The van der Waals surface area contributed by atoms with Gasteiger partial charge >= 0.3 is 0 Å². The van der Waals surface area contributed by atoms with Gasteiger partial charge in [-0.15, -0.1) is 0 Å². The maximum atomic E-state index is 13.8. The number of carbonyl (C=O) groups is 1. The number of hydrogen-bond donors (Lipinski definition) is 0. The summed E-state index contributed by atoms with van der Waals surface area (Å²) in [4.78, 5) is 18.2. The molecule has 3 aliphatic rings. The van der Waals surface area contributed by atoms with Crippen molar-refractivity contribution in [3.63, 3.8) is 0 Å². The van der Waals surface area contributed by atoms with Crippen molar-refractivity contribution in [3.05, 3.63) is 29.3 Å². The third-order valence-corrected chi connectivity index (χ3v) is 9.72. The van der Waals surface area contributed by atoms with Crippen LogP contribution in [0.4, 0.5) is 0 Å². The molecule has 0 bridgehead atoms. The van der Waals surface area contributed by atoms with Crippen molar-refractivity contribution >= 4 is 15.7 Å². The van der Waals surface area contributed by atoms with Crippen molar-refractivity contribution in [1.29, 1.82) is 0 Å². The number of hydrogen-bond acceptors (Lipinski definition) is 5. The van der Waals surface area contributed by atoms with Crippen LogP contribution in [0.25, 0.3) is 0 Å². The molecule has 0 N–H and O–H groups in total. The molecule has 2 heterocycles. The second kappa shape index (κ2) is 8.60. The Hall–Kier alpha value is -1.44. The van der Waals surface area contributed by atoms with Gasteiger partial charge in [-0.3, -0.25) is 9.69 Å². The molecule has 4 rings (SSSR count). The van der Waals surface area contributed by atoms with Gasteiger partial charge in [0.1, 0.15) is 0 Å². The van der Waals surface area contributed by atoms with Crippen LogP contribution >= 0.6 is 0 Å². The van der Waals surface area contributed by atoms with E-state index in [0.29, 0.717) is 36.9 Å². The standard InChI is InChI=1S/C23H34N2O4S/c1-18-7-8-19(2)21(16-18)30(27,28)23(9-3-4-10-23)22(26)25-13-11-24(12-14-25)17-20-6-5-15-29-20/h7-8,16,20H,3-6,9-15,17H2,1-2H3. The molecule has 166 valence electrons. The van der Waals surface area contributed by atoms with Gasteiger partial charge in [0.25, 0.3) is 0 Å². The summed E-state index contributed by atoms with van der Waals surface area (Å²) in [5, 5.41) is 0. The zero-order valence-corrected chi connectivity index (χ0v) is 19.0. The fraction of sp³-hybridized carbons (Fsp3) is 0.696. The molecule has 0 spiro atoms. The highest BCUT2D eigenvalue weighted by Crippen LogP contribution is 2.43. The maximum Gasteiger partial charge on any atom is 0.244 e. The van der Waals surface area contributed by atoms with Crippen LogP contribution in [-0.2, 0) is 19.4 Å². The first-order valence-corrected chi connectivity index (χ1v) is 12.8. The molecule has 1 aromatic carbocycles. The first-order chi connectivity index (χ1) is 14.3. The third kappa shape index (κ3) is 3.92. The number of sulfone groups is 1. The third-order valence-electron chi connectivity index (χ3n) is 7.09. The lowest BCUT2D eigenvalue weighted by atomic mass is 10.0. The minimum absolute atomic E-state index is 0.183. The van der Waals surface area contributed by atoms with Crippen molar-refractivity contribution in [2.24, 2.45) is 0 Å². The normalized spacial score (nSPS) is 25.0. The SMILES string of the molecule is Cc1ccc(C)c(S(=O)(=O)C2(C(=O)N3CCN(CC4CCCO4)CC3)CCCC2)c1. The van der Waals surface area contributed by atoms with Crippen molar-refractivity contribution < 1.29 is 17.9 Å². The molecular weight excluding hydrogens is 400 g/mol. The Morgan fingerprint density at radius 2 is 1.80 bits per heavy atom. The molecule has 1 atom stereocenters. The summed E-state index contributed by atoms with van der Waals surface area (Å²) in [7, 11) is -3.76. The van der Waals surface area contributed by atoms with Gasteiger partial charge in [-0.25, -0.2) is 8.42 Å². The van der Waals surface area contributed by atoms with Crippen molar-refractivity contribution in [2.45, 2.75) is 68.1 Å². The van der Waals surface area contributed by atoms with Crippen molar-refractivity contribution in [1.82, 2.24) is 9.80 Å². The largest absolute Gasteiger partial charge is 0.377 e. The predicted octanol–water partition coefficient (Wildman–Crippen LogP) is 2.71. The topological polar surface area (TPSA) is 66.9 Å². The van der Waals surface area contributed by atoms with Gasteiger partial charge in [0.15, 0.2) is 14.6 Å². The highest BCUT2D eigenvalue weighted by atomic mass is 32.2. The zero-order chi connectivity index (χ0) is 21.4. The molecule has 1 aliphatic carbocycles. The summed E-state index contributed by atoms with van der Waals surface area (Å²) in [6.45, 7) is 8.23. The van der Waals surface area contributed by atoms with Crippen LogP contribution < -0.4 is 0 Å². The minimum atomic E-state index is -3.76. The molecule has 7 heteroatoms. The number of benzene rings is 1. The lowest BCUT2D eigenvalue weighted by Crippen LogP contribution is -2.58. The monoisotopic (exact) mass is 434 g/mol. The molecule has 3 fully saturated rings. The van der Waals surface area contributed by atoms with Crippen LogP contribution in [0.2, 0.25) is 0 Å². The summed E-state index contributed by atoms with van der Waals surface area (Å²) in [6, 6.07) is 5.50. The second-order valence-corrected chi connectivity index (χ2v) is 11.4. The van der Waals surface area contributed by atoms with E-state index in [1.807, 2.05) is 26.0 Å². The average Bonchev–Trinajstić information content (AvgIpc) is 3.43. The number of carbonyl (C=O) groups excluding carboxylic acids is 1. The molecule has 0 radical (unpaired) electrons. The summed E-state index contributed by atoms with van der Waals surface area (Å²) in [5.41, 5.74) is 1.63. The Labute approximate surface area is 180 Å². The molecule has 1 unspecified atom stereocenters. The summed E-state index contributed by atoms with van der Waals surface area (Å²) in [6.07, 6.45) is 4.97. The van der Waals surface area contributed by atoms with E-state index >= 15 is 0 Å². The van der Waals surface area contributed by atoms with Gasteiger partial charge in [-0.05, 0) is 56.7 Å². The number of piperazine rings is 1. The number of rotatable bonds is 5. The van der Waals surface area contributed by atoms with E-state index in [4.69, 9.17) is 4.74 Å². The predicted molar refractivity (Wildman–Crippen MR) is 116 cm³/mol. The van der Waals surface area contributed by atoms with E-state index in [1.54, 1.807) is 11.0 Å². The summed E-state index contributed by atoms with van der Waals surface area (Å²) >= 11 is 0. The van der Waals surface area contributed by atoms with Crippen LogP contribution in [0.3, 0.4) is 0 Å². The molecule has 2 aliphatic heterocycles. The van der Waals surface area contributed by atoms with E-state index in [9.17, 15) is 13.2 Å².